The van der Waals surface area contributed by atoms with Crippen LogP contribution in [0.4, 0.5) is 4.39 Å². The van der Waals surface area contributed by atoms with Crippen LogP contribution < -0.4 is 9.46 Å². The molecule has 1 saturated heterocycles. The SMILES string of the molecule is Cc1cc(C(=O)NS(=O)(=O)C2CC2)c(F)cc1OCCC1CCC2(CCN(Cc3ccccc3)CC2)C1. The van der Waals surface area contributed by atoms with E-state index in [2.05, 4.69) is 35.2 Å². The zero-order chi connectivity index (χ0) is 26.0. The Bertz CT molecular complexity index is 1220. The number of nitrogens with zero attached hydrogens (tertiary/aromatic N) is 1. The Kier molecular flexibility index (Phi) is 7.59. The third-order valence-corrected chi connectivity index (χ3v) is 10.3. The van der Waals surface area contributed by atoms with Gasteiger partial charge in [-0.2, -0.15) is 0 Å². The molecule has 8 heteroatoms. The van der Waals surface area contributed by atoms with Crippen molar-refractivity contribution in [1.82, 2.24) is 9.62 Å². The fourth-order valence-corrected chi connectivity index (χ4v) is 7.32. The van der Waals surface area contributed by atoms with Gasteiger partial charge in [0.15, 0.2) is 0 Å². The Balaban J connectivity index is 1.08. The van der Waals surface area contributed by atoms with Crippen molar-refractivity contribution in [3.05, 3.63) is 65.0 Å². The first-order valence-corrected chi connectivity index (χ1v) is 15.0. The van der Waals surface area contributed by atoms with Crippen molar-refractivity contribution in [2.75, 3.05) is 19.7 Å². The summed E-state index contributed by atoms with van der Waals surface area (Å²) in [6, 6.07) is 13.2. The Morgan fingerprint density at radius 1 is 1.11 bits per heavy atom. The predicted molar refractivity (Wildman–Crippen MR) is 141 cm³/mol. The van der Waals surface area contributed by atoms with Gasteiger partial charge in [-0.05, 0) is 99.9 Å². The number of ether oxygens (including phenoxy) is 1. The maximum atomic E-state index is 14.7. The van der Waals surface area contributed by atoms with Gasteiger partial charge in [0.2, 0.25) is 10.0 Å². The largest absolute Gasteiger partial charge is 0.493 e. The molecular weight excluding hydrogens is 491 g/mol. The summed E-state index contributed by atoms with van der Waals surface area (Å²) in [7, 11) is -3.73. The van der Waals surface area contributed by atoms with Crippen molar-refractivity contribution in [1.29, 1.82) is 0 Å². The summed E-state index contributed by atoms with van der Waals surface area (Å²) in [6.45, 7) is 5.58. The van der Waals surface area contributed by atoms with E-state index in [1.54, 1.807) is 6.92 Å². The highest BCUT2D eigenvalue weighted by Crippen LogP contribution is 2.50. The van der Waals surface area contributed by atoms with Crippen LogP contribution in [0.25, 0.3) is 0 Å². The smallest absolute Gasteiger partial charge is 0.267 e. The molecule has 2 aromatic carbocycles. The summed E-state index contributed by atoms with van der Waals surface area (Å²) in [5, 5.41) is -0.542. The zero-order valence-electron chi connectivity index (χ0n) is 21.5. The number of aryl methyl sites for hydroxylation is 1. The Labute approximate surface area is 219 Å². The first-order valence-electron chi connectivity index (χ1n) is 13.5. The van der Waals surface area contributed by atoms with Gasteiger partial charge in [-0.3, -0.25) is 9.69 Å². The molecule has 200 valence electrons. The van der Waals surface area contributed by atoms with E-state index in [-0.39, 0.29) is 5.56 Å². The summed E-state index contributed by atoms with van der Waals surface area (Å²) in [4.78, 5) is 14.9. The molecule has 3 fully saturated rings. The third-order valence-electron chi connectivity index (χ3n) is 8.46. The number of rotatable bonds is 9. The number of amides is 1. The lowest BCUT2D eigenvalue weighted by molar-refractivity contribution is 0.0977. The molecule has 37 heavy (non-hydrogen) atoms. The number of likely N-dealkylation sites (tertiary alicyclic amines) is 1. The van der Waals surface area contributed by atoms with Crippen molar-refractivity contribution >= 4 is 15.9 Å². The zero-order valence-corrected chi connectivity index (χ0v) is 22.4. The summed E-state index contributed by atoms with van der Waals surface area (Å²) in [5.74, 6) is -0.680. The van der Waals surface area contributed by atoms with Crippen molar-refractivity contribution in [3.8, 4) is 5.75 Å². The summed E-state index contributed by atoms with van der Waals surface area (Å²) in [6.07, 6.45) is 8.22. The van der Waals surface area contributed by atoms with Crippen LogP contribution in [-0.4, -0.2) is 44.2 Å². The van der Waals surface area contributed by atoms with E-state index < -0.39 is 27.0 Å². The van der Waals surface area contributed by atoms with E-state index in [0.29, 0.717) is 42.1 Å². The second kappa shape index (κ2) is 10.7. The van der Waals surface area contributed by atoms with Crippen LogP contribution in [0, 0.1) is 24.1 Å². The second-order valence-electron chi connectivity index (χ2n) is 11.3. The molecule has 1 atom stereocenters. The normalized spacial score (nSPS) is 21.7. The quantitative estimate of drug-likeness (QED) is 0.484. The van der Waals surface area contributed by atoms with Crippen LogP contribution in [0.5, 0.6) is 5.75 Å². The summed E-state index contributed by atoms with van der Waals surface area (Å²) >= 11 is 0. The number of piperidine rings is 1. The average Bonchev–Trinajstić information content (AvgIpc) is 3.67. The minimum Gasteiger partial charge on any atom is -0.493 e. The number of sulfonamides is 1. The second-order valence-corrected chi connectivity index (χ2v) is 13.2. The van der Waals surface area contributed by atoms with Gasteiger partial charge in [-0.1, -0.05) is 30.3 Å². The number of hydrogen-bond acceptors (Lipinski definition) is 5. The Morgan fingerprint density at radius 2 is 1.84 bits per heavy atom. The number of benzene rings is 2. The molecule has 1 unspecified atom stereocenters. The number of halogens is 1. The molecular formula is C29H37FN2O4S. The molecule has 1 N–H and O–H groups in total. The monoisotopic (exact) mass is 528 g/mol. The van der Waals surface area contributed by atoms with Gasteiger partial charge in [0.1, 0.15) is 11.6 Å². The standard InChI is InChI=1S/C29H37FN2O4S/c1-21-17-25(28(33)31-37(34,35)24-7-8-24)26(30)18-27(21)36-16-10-22-9-11-29(19-22)12-14-32(15-13-29)20-23-5-3-2-4-6-23/h2-6,17-18,22,24H,7-16,19-20H2,1H3,(H,31,33). The highest BCUT2D eigenvalue weighted by Gasteiger charge is 2.41. The van der Waals surface area contributed by atoms with Crippen LogP contribution in [0.1, 0.15) is 72.9 Å². The molecule has 1 spiro atoms. The van der Waals surface area contributed by atoms with Crippen molar-refractivity contribution in [3.63, 3.8) is 0 Å². The molecule has 6 nitrogen and oxygen atoms in total. The van der Waals surface area contributed by atoms with E-state index >= 15 is 0 Å². The third kappa shape index (κ3) is 6.34. The van der Waals surface area contributed by atoms with Crippen LogP contribution in [0.15, 0.2) is 42.5 Å². The van der Waals surface area contributed by atoms with E-state index in [4.69, 9.17) is 4.74 Å². The molecule has 5 rings (SSSR count). The molecule has 2 aliphatic carbocycles. The highest BCUT2D eigenvalue weighted by atomic mass is 32.2. The Morgan fingerprint density at radius 3 is 2.54 bits per heavy atom. The topological polar surface area (TPSA) is 75.7 Å². The van der Waals surface area contributed by atoms with Gasteiger partial charge in [-0.15, -0.1) is 0 Å². The number of carbonyl (C=O) groups is 1. The first-order chi connectivity index (χ1) is 17.7. The van der Waals surface area contributed by atoms with Crippen molar-refractivity contribution in [2.24, 2.45) is 11.3 Å². The molecule has 0 aromatic heterocycles. The molecule has 2 saturated carbocycles. The van der Waals surface area contributed by atoms with Crippen molar-refractivity contribution in [2.45, 2.75) is 70.1 Å². The predicted octanol–water partition coefficient (Wildman–Crippen LogP) is 5.21. The highest BCUT2D eigenvalue weighted by molar-refractivity contribution is 7.91. The molecule has 1 aliphatic heterocycles. The maximum Gasteiger partial charge on any atom is 0.267 e. The van der Waals surface area contributed by atoms with Gasteiger partial charge in [0.05, 0.1) is 17.4 Å². The van der Waals surface area contributed by atoms with Gasteiger partial charge >= 0.3 is 0 Å². The minimum absolute atomic E-state index is 0.273. The molecule has 0 bridgehead atoms. The lowest BCUT2D eigenvalue weighted by Crippen LogP contribution is -2.38. The number of hydrogen-bond donors (Lipinski definition) is 1. The van der Waals surface area contributed by atoms with Gasteiger partial charge < -0.3 is 4.74 Å². The van der Waals surface area contributed by atoms with Crippen LogP contribution in [-0.2, 0) is 16.6 Å². The average molecular weight is 529 g/mol. The lowest BCUT2D eigenvalue weighted by atomic mass is 9.76. The summed E-state index contributed by atoms with van der Waals surface area (Å²) < 4.78 is 46.6. The molecule has 2 aromatic rings. The number of nitrogens with one attached hydrogen (secondary N) is 1. The van der Waals surface area contributed by atoms with E-state index in [0.717, 1.165) is 26.1 Å². The van der Waals surface area contributed by atoms with Gasteiger partial charge in [0.25, 0.3) is 5.91 Å². The van der Waals surface area contributed by atoms with Gasteiger partial charge in [0, 0.05) is 12.6 Å². The van der Waals surface area contributed by atoms with E-state index in [1.165, 1.54) is 49.8 Å². The fourth-order valence-electron chi connectivity index (χ4n) is 6.03. The Hall–Kier alpha value is -2.45. The molecule has 0 radical (unpaired) electrons. The number of carbonyl (C=O) groups excluding carboxylic acids is 1. The fraction of sp³-hybridized carbons (Fsp3) is 0.552. The van der Waals surface area contributed by atoms with E-state index in [9.17, 15) is 17.6 Å². The van der Waals surface area contributed by atoms with Crippen molar-refractivity contribution < 1.29 is 22.3 Å². The summed E-state index contributed by atoms with van der Waals surface area (Å²) in [5.41, 5.74) is 2.17. The minimum atomic E-state index is -3.73. The van der Waals surface area contributed by atoms with Crippen LogP contribution in [0.3, 0.4) is 0 Å². The lowest BCUT2D eigenvalue weighted by Gasteiger charge is -2.39. The first kappa shape index (κ1) is 26.2. The van der Waals surface area contributed by atoms with Crippen LogP contribution >= 0.6 is 0 Å². The maximum absolute atomic E-state index is 14.7. The molecule has 3 aliphatic rings. The van der Waals surface area contributed by atoms with Crippen LogP contribution in [0.2, 0.25) is 0 Å². The van der Waals surface area contributed by atoms with Gasteiger partial charge in [-0.25, -0.2) is 17.5 Å². The molecule has 1 amide bonds. The molecule has 1 heterocycles. The van der Waals surface area contributed by atoms with E-state index in [1.807, 2.05) is 4.72 Å².